The van der Waals surface area contributed by atoms with Gasteiger partial charge in [0.1, 0.15) is 0 Å². The number of nitrogens with zero attached hydrogens (tertiary/aromatic N) is 2. The summed E-state index contributed by atoms with van der Waals surface area (Å²) >= 11 is 0. The van der Waals surface area contributed by atoms with Crippen LogP contribution < -0.4 is 5.32 Å². The zero-order valence-corrected chi connectivity index (χ0v) is 10.5. The van der Waals surface area contributed by atoms with Crippen molar-refractivity contribution >= 4 is 0 Å². The molecule has 0 bridgehead atoms. The Kier molecular flexibility index (Phi) is 3.33. The normalized spacial score (nSPS) is 43.0. The Morgan fingerprint density at radius 2 is 1.80 bits per heavy atom. The van der Waals surface area contributed by atoms with Crippen molar-refractivity contribution in [2.45, 2.75) is 25.9 Å². The largest absolute Gasteiger partial charge is 0.315 e. The first-order valence-electron chi connectivity index (χ1n) is 6.20. The molecule has 2 saturated heterocycles. The van der Waals surface area contributed by atoms with Crippen molar-refractivity contribution in [1.29, 1.82) is 0 Å². The molecule has 0 aromatic carbocycles. The molecule has 4 unspecified atom stereocenters. The lowest BCUT2D eigenvalue weighted by Crippen LogP contribution is -2.40. The summed E-state index contributed by atoms with van der Waals surface area (Å²) in [6.45, 7) is 9.68. The van der Waals surface area contributed by atoms with Crippen molar-refractivity contribution in [3.63, 3.8) is 0 Å². The molecule has 0 aromatic heterocycles. The van der Waals surface area contributed by atoms with Gasteiger partial charge in [-0.05, 0) is 32.5 Å². The van der Waals surface area contributed by atoms with Gasteiger partial charge < -0.3 is 10.2 Å². The third kappa shape index (κ3) is 2.19. The van der Waals surface area contributed by atoms with Crippen LogP contribution in [0, 0.1) is 11.8 Å². The SMILES string of the molecule is CC1CN(C2CNCC2C)CC1N(C)C. The predicted molar refractivity (Wildman–Crippen MR) is 64.0 cm³/mol. The Bertz CT molecular complexity index is 217. The van der Waals surface area contributed by atoms with Crippen molar-refractivity contribution in [3.8, 4) is 0 Å². The van der Waals surface area contributed by atoms with Crippen LogP contribution in [0.2, 0.25) is 0 Å². The quantitative estimate of drug-likeness (QED) is 0.716. The molecule has 2 aliphatic rings. The molecule has 15 heavy (non-hydrogen) atoms. The van der Waals surface area contributed by atoms with Gasteiger partial charge in [0, 0.05) is 31.7 Å². The summed E-state index contributed by atoms with van der Waals surface area (Å²) < 4.78 is 0. The molecule has 88 valence electrons. The topological polar surface area (TPSA) is 18.5 Å². The third-order valence-electron chi connectivity index (χ3n) is 4.21. The van der Waals surface area contributed by atoms with Crippen LogP contribution in [0.5, 0.6) is 0 Å². The van der Waals surface area contributed by atoms with Crippen molar-refractivity contribution in [2.24, 2.45) is 11.8 Å². The van der Waals surface area contributed by atoms with E-state index in [1.165, 1.54) is 26.2 Å². The van der Waals surface area contributed by atoms with Gasteiger partial charge in [-0.2, -0.15) is 0 Å². The molecule has 1 N–H and O–H groups in total. The molecule has 2 fully saturated rings. The number of hydrogen-bond acceptors (Lipinski definition) is 3. The molecule has 2 aliphatic heterocycles. The fraction of sp³-hybridized carbons (Fsp3) is 1.00. The lowest BCUT2D eigenvalue weighted by Gasteiger charge is -2.27. The van der Waals surface area contributed by atoms with Crippen LogP contribution in [0.1, 0.15) is 13.8 Å². The molecule has 2 heterocycles. The van der Waals surface area contributed by atoms with Crippen molar-refractivity contribution in [1.82, 2.24) is 15.1 Å². The number of likely N-dealkylation sites (N-methyl/N-ethyl adjacent to an activating group) is 1. The highest BCUT2D eigenvalue weighted by Gasteiger charge is 2.37. The highest BCUT2D eigenvalue weighted by molar-refractivity contribution is 4.94. The summed E-state index contributed by atoms with van der Waals surface area (Å²) in [4.78, 5) is 5.08. The van der Waals surface area contributed by atoms with E-state index < -0.39 is 0 Å². The molecule has 3 heteroatoms. The van der Waals surface area contributed by atoms with Gasteiger partial charge in [0.25, 0.3) is 0 Å². The van der Waals surface area contributed by atoms with E-state index in [4.69, 9.17) is 0 Å². The molecule has 0 amide bonds. The predicted octanol–water partition coefficient (Wildman–Crippen LogP) is 0.476. The van der Waals surface area contributed by atoms with Crippen LogP contribution in [0.4, 0.5) is 0 Å². The van der Waals surface area contributed by atoms with Gasteiger partial charge in [-0.15, -0.1) is 0 Å². The fourth-order valence-corrected chi connectivity index (χ4v) is 3.21. The van der Waals surface area contributed by atoms with E-state index >= 15 is 0 Å². The lowest BCUT2D eigenvalue weighted by atomic mass is 10.1. The highest BCUT2D eigenvalue weighted by Crippen LogP contribution is 2.25. The maximum atomic E-state index is 3.50. The zero-order valence-electron chi connectivity index (χ0n) is 10.5. The maximum Gasteiger partial charge on any atom is 0.0259 e. The first kappa shape index (κ1) is 11.4. The van der Waals surface area contributed by atoms with E-state index in [-0.39, 0.29) is 0 Å². The molecule has 4 atom stereocenters. The average Bonchev–Trinajstić information content (AvgIpc) is 2.71. The summed E-state index contributed by atoms with van der Waals surface area (Å²) in [5, 5.41) is 3.50. The van der Waals surface area contributed by atoms with E-state index in [0.717, 1.165) is 23.9 Å². The minimum atomic E-state index is 0.748. The van der Waals surface area contributed by atoms with Gasteiger partial charge in [0.2, 0.25) is 0 Å². The van der Waals surface area contributed by atoms with Gasteiger partial charge in [-0.3, -0.25) is 4.90 Å². The van der Waals surface area contributed by atoms with Crippen LogP contribution in [0.25, 0.3) is 0 Å². The number of hydrogen-bond donors (Lipinski definition) is 1. The maximum absolute atomic E-state index is 3.50. The van der Waals surface area contributed by atoms with Crippen molar-refractivity contribution < 1.29 is 0 Å². The van der Waals surface area contributed by atoms with E-state index in [1.807, 2.05) is 0 Å². The molecule has 3 nitrogen and oxygen atoms in total. The van der Waals surface area contributed by atoms with Gasteiger partial charge in [-0.1, -0.05) is 13.8 Å². The van der Waals surface area contributed by atoms with E-state index in [1.54, 1.807) is 0 Å². The monoisotopic (exact) mass is 211 g/mol. The summed E-state index contributed by atoms with van der Waals surface area (Å²) in [6.07, 6.45) is 0. The van der Waals surface area contributed by atoms with Crippen LogP contribution >= 0.6 is 0 Å². The first-order chi connectivity index (χ1) is 7.09. The number of likely N-dealkylation sites (tertiary alicyclic amines) is 1. The molecule has 0 spiro atoms. The standard InChI is InChI=1S/C12H25N3/c1-9-5-13-6-11(9)15-7-10(2)12(8-15)14(3)4/h9-13H,5-8H2,1-4H3. The Morgan fingerprint density at radius 1 is 1.07 bits per heavy atom. The minimum Gasteiger partial charge on any atom is -0.315 e. The molecule has 0 radical (unpaired) electrons. The van der Waals surface area contributed by atoms with Gasteiger partial charge in [0.05, 0.1) is 0 Å². The minimum absolute atomic E-state index is 0.748. The smallest absolute Gasteiger partial charge is 0.0259 e. The Morgan fingerprint density at radius 3 is 2.27 bits per heavy atom. The summed E-state index contributed by atoms with van der Waals surface area (Å²) in [7, 11) is 4.42. The number of rotatable bonds is 2. The summed E-state index contributed by atoms with van der Waals surface area (Å²) in [5.41, 5.74) is 0. The van der Waals surface area contributed by atoms with Crippen LogP contribution in [0.3, 0.4) is 0 Å². The zero-order chi connectivity index (χ0) is 11.0. The van der Waals surface area contributed by atoms with Gasteiger partial charge >= 0.3 is 0 Å². The molecule has 2 rings (SSSR count). The van der Waals surface area contributed by atoms with Crippen LogP contribution in [-0.4, -0.2) is 62.2 Å². The van der Waals surface area contributed by atoms with Gasteiger partial charge in [0.15, 0.2) is 0 Å². The summed E-state index contributed by atoms with van der Waals surface area (Å²) in [6, 6.07) is 1.52. The lowest BCUT2D eigenvalue weighted by molar-refractivity contribution is 0.198. The van der Waals surface area contributed by atoms with Crippen LogP contribution in [0.15, 0.2) is 0 Å². The first-order valence-corrected chi connectivity index (χ1v) is 6.20. The fourth-order valence-electron chi connectivity index (χ4n) is 3.21. The Hall–Kier alpha value is -0.120. The second-order valence-electron chi connectivity index (χ2n) is 5.67. The average molecular weight is 211 g/mol. The second kappa shape index (κ2) is 4.40. The van der Waals surface area contributed by atoms with Crippen molar-refractivity contribution in [2.75, 3.05) is 40.3 Å². The Balaban J connectivity index is 1.96. The van der Waals surface area contributed by atoms with E-state index in [0.29, 0.717) is 0 Å². The molecule has 0 aliphatic carbocycles. The molecule has 0 saturated carbocycles. The molecular formula is C12H25N3. The van der Waals surface area contributed by atoms with Crippen molar-refractivity contribution in [3.05, 3.63) is 0 Å². The summed E-state index contributed by atoms with van der Waals surface area (Å²) in [5.74, 6) is 1.63. The highest BCUT2D eigenvalue weighted by atomic mass is 15.3. The number of nitrogens with one attached hydrogen (secondary N) is 1. The molecule has 0 aromatic rings. The third-order valence-corrected chi connectivity index (χ3v) is 4.21. The van der Waals surface area contributed by atoms with E-state index in [9.17, 15) is 0 Å². The molecular weight excluding hydrogens is 186 g/mol. The second-order valence-corrected chi connectivity index (χ2v) is 5.67. The van der Waals surface area contributed by atoms with E-state index in [2.05, 4.69) is 43.1 Å². The Labute approximate surface area is 93.8 Å². The van der Waals surface area contributed by atoms with Crippen LogP contribution in [-0.2, 0) is 0 Å². The van der Waals surface area contributed by atoms with Gasteiger partial charge in [-0.25, -0.2) is 0 Å².